The Kier molecular flexibility index (Phi) is 5.54. The van der Waals surface area contributed by atoms with E-state index >= 15 is 0 Å². The SMILES string of the molecule is CC[C@@H](c1ccccc1)n1cc(-c2cc(-c3cnn(C(C)C(F)(F)F)c3)c3nc(N)nn3c2)cn1. The summed E-state index contributed by atoms with van der Waals surface area (Å²) in [5.74, 6) is 0.0604. The number of rotatable bonds is 6. The Morgan fingerprint density at radius 1 is 0.943 bits per heavy atom. The Morgan fingerprint density at radius 2 is 1.63 bits per heavy atom. The van der Waals surface area contributed by atoms with Crippen LogP contribution in [0.5, 0.6) is 0 Å². The van der Waals surface area contributed by atoms with Crippen LogP contribution in [-0.4, -0.2) is 40.3 Å². The third kappa shape index (κ3) is 4.25. The molecule has 1 aromatic carbocycles. The fourth-order valence-corrected chi connectivity index (χ4v) is 4.12. The Labute approximate surface area is 198 Å². The quantitative estimate of drug-likeness (QED) is 0.362. The second-order valence-corrected chi connectivity index (χ2v) is 8.35. The molecule has 0 saturated heterocycles. The van der Waals surface area contributed by atoms with E-state index in [2.05, 4.69) is 39.3 Å². The molecule has 0 aliphatic rings. The molecule has 5 aromatic rings. The van der Waals surface area contributed by atoms with Crippen LogP contribution in [0.4, 0.5) is 19.1 Å². The van der Waals surface area contributed by atoms with Crippen molar-refractivity contribution in [3.05, 3.63) is 72.9 Å². The van der Waals surface area contributed by atoms with Crippen LogP contribution in [0.2, 0.25) is 0 Å². The van der Waals surface area contributed by atoms with Crippen LogP contribution < -0.4 is 5.73 Å². The highest BCUT2D eigenvalue weighted by Crippen LogP contribution is 2.34. The van der Waals surface area contributed by atoms with Crippen molar-refractivity contribution in [1.29, 1.82) is 0 Å². The van der Waals surface area contributed by atoms with Gasteiger partial charge in [0.1, 0.15) is 6.04 Å². The predicted molar refractivity (Wildman–Crippen MR) is 125 cm³/mol. The van der Waals surface area contributed by atoms with E-state index in [4.69, 9.17) is 5.73 Å². The minimum Gasteiger partial charge on any atom is -0.366 e. The third-order valence-corrected chi connectivity index (χ3v) is 6.06. The molecule has 180 valence electrons. The Bertz CT molecular complexity index is 1470. The van der Waals surface area contributed by atoms with E-state index in [1.807, 2.05) is 35.1 Å². The van der Waals surface area contributed by atoms with Gasteiger partial charge in [0.15, 0.2) is 5.65 Å². The standard InChI is InChI=1S/C24H23F3N8/c1-3-21(16-7-5-4-6-8-16)34-13-18(10-30-34)17-9-20(22-31-23(28)32-35(22)12-17)19-11-29-33(14-19)15(2)24(25,26)27/h4-15,21H,3H2,1-2H3,(H2,28,32)/t15?,21-/m0/s1. The molecule has 5 rings (SSSR count). The number of hydrogen-bond acceptors (Lipinski definition) is 5. The van der Waals surface area contributed by atoms with Gasteiger partial charge in [-0.25, -0.2) is 4.52 Å². The Morgan fingerprint density at radius 3 is 2.34 bits per heavy atom. The highest BCUT2D eigenvalue weighted by atomic mass is 19.4. The van der Waals surface area contributed by atoms with Crippen molar-refractivity contribution in [2.45, 2.75) is 38.5 Å². The summed E-state index contributed by atoms with van der Waals surface area (Å²) in [6.45, 7) is 3.16. The number of hydrogen-bond donors (Lipinski definition) is 1. The number of anilines is 1. The van der Waals surface area contributed by atoms with Crippen molar-refractivity contribution in [2.75, 3.05) is 5.73 Å². The maximum absolute atomic E-state index is 13.2. The van der Waals surface area contributed by atoms with Crippen LogP contribution in [-0.2, 0) is 0 Å². The van der Waals surface area contributed by atoms with Crippen LogP contribution in [0.1, 0.15) is 37.9 Å². The molecule has 11 heteroatoms. The summed E-state index contributed by atoms with van der Waals surface area (Å²) in [5, 5.41) is 12.7. The van der Waals surface area contributed by atoms with E-state index in [1.165, 1.54) is 16.9 Å². The summed E-state index contributed by atoms with van der Waals surface area (Å²) < 4.78 is 43.9. The normalized spacial score (nSPS) is 13.9. The van der Waals surface area contributed by atoms with Crippen molar-refractivity contribution in [1.82, 2.24) is 34.2 Å². The van der Waals surface area contributed by atoms with E-state index in [9.17, 15) is 13.2 Å². The van der Waals surface area contributed by atoms with Crippen LogP contribution in [0.3, 0.4) is 0 Å². The third-order valence-electron chi connectivity index (χ3n) is 6.06. The number of nitrogen functional groups attached to an aromatic ring is 1. The molecule has 35 heavy (non-hydrogen) atoms. The maximum atomic E-state index is 13.2. The van der Waals surface area contributed by atoms with Gasteiger partial charge in [-0.3, -0.25) is 9.36 Å². The van der Waals surface area contributed by atoms with Gasteiger partial charge in [0.05, 0.1) is 18.4 Å². The topological polar surface area (TPSA) is 91.8 Å². The Hall–Kier alpha value is -4.15. The molecule has 1 unspecified atom stereocenters. The van der Waals surface area contributed by atoms with Gasteiger partial charge in [-0.15, -0.1) is 5.10 Å². The first-order valence-corrected chi connectivity index (χ1v) is 11.1. The maximum Gasteiger partial charge on any atom is 0.410 e. The van der Waals surface area contributed by atoms with Crippen LogP contribution in [0.15, 0.2) is 67.4 Å². The van der Waals surface area contributed by atoms with Gasteiger partial charge in [-0.05, 0) is 25.0 Å². The van der Waals surface area contributed by atoms with Crippen LogP contribution in [0, 0.1) is 0 Å². The largest absolute Gasteiger partial charge is 0.410 e. The second kappa shape index (κ2) is 8.57. The number of halogens is 3. The molecule has 0 aliphatic heterocycles. The summed E-state index contributed by atoms with van der Waals surface area (Å²) in [5.41, 5.74) is 10.0. The van der Waals surface area contributed by atoms with Crippen molar-refractivity contribution >= 4 is 11.6 Å². The van der Waals surface area contributed by atoms with Crippen LogP contribution in [0.25, 0.3) is 27.9 Å². The molecule has 0 amide bonds. The molecule has 4 heterocycles. The summed E-state index contributed by atoms with van der Waals surface area (Å²) in [6.07, 6.45) is 4.66. The number of pyridine rings is 1. The molecule has 8 nitrogen and oxygen atoms in total. The number of nitrogens with zero attached hydrogens (tertiary/aromatic N) is 7. The average Bonchev–Trinajstić information content (AvgIpc) is 3.58. The predicted octanol–water partition coefficient (Wildman–Crippen LogP) is 5.16. The van der Waals surface area contributed by atoms with E-state index < -0.39 is 12.2 Å². The van der Waals surface area contributed by atoms with Crippen LogP contribution >= 0.6 is 0 Å². The summed E-state index contributed by atoms with van der Waals surface area (Å²) in [7, 11) is 0. The van der Waals surface area contributed by atoms with Gasteiger partial charge in [-0.2, -0.15) is 28.4 Å². The van der Waals surface area contributed by atoms with Gasteiger partial charge in [-0.1, -0.05) is 37.3 Å². The molecular weight excluding hydrogens is 457 g/mol. The van der Waals surface area contributed by atoms with E-state index in [1.54, 1.807) is 12.4 Å². The molecular formula is C24H23F3N8. The fourth-order valence-electron chi connectivity index (χ4n) is 4.12. The van der Waals surface area contributed by atoms with E-state index in [0.717, 1.165) is 34.7 Å². The molecule has 0 saturated carbocycles. The molecule has 0 radical (unpaired) electrons. The van der Waals surface area contributed by atoms with Crippen molar-refractivity contribution in [3.63, 3.8) is 0 Å². The minimum absolute atomic E-state index is 0.0604. The lowest BCUT2D eigenvalue weighted by atomic mass is 10.0. The smallest absolute Gasteiger partial charge is 0.366 e. The lowest BCUT2D eigenvalue weighted by Gasteiger charge is -2.16. The van der Waals surface area contributed by atoms with Gasteiger partial charge in [0.25, 0.3) is 0 Å². The van der Waals surface area contributed by atoms with E-state index in [0.29, 0.717) is 16.8 Å². The lowest BCUT2D eigenvalue weighted by molar-refractivity contribution is -0.165. The highest BCUT2D eigenvalue weighted by Gasteiger charge is 2.38. The number of aromatic nitrogens is 7. The van der Waals surface area contributed by atoms with Gasteiger partial charge >= 0.3 is 6.18 Å². The molecule has 0 aliphatic carbocycles. The fraction of sp³-hybridized carbons (Fsp3) is 0.250. The molecule has 4 aromatic heterocycles. The zero-order chi connectivity index (χ0) is 24.7. The van der Waals surface area contributed by atoms with Gasteiger partial charge < -0.3 is 5.73 Å². The first-order chi connectivity index (χ1) is 16.7. The molecule has 0 spiro atoms. The number of benzene rings is 1. The van der Waals surface area contributed by atoms with E-state index in [-0.39, 0.29) is 12.0 Å². The summed E-state index contributed by atoms with van der Waals surface area (Å²) in [4.78, 5) is 4.26. The molecule has 0 bridgehead atoms. The zero-order valence-corrected chi connectivity index (χ0v) is 19.1. The molecule has 0 fully saturated rings. The Balaban J connectivity index is 1.57. The summed E-state index contributed by atoms with van der Waals surface area (Å²) in [6, 6.07) is 10.2. The molecule has 2 atom stereocenters. The first-order valence-electron chi connectivity index (χ1n) is 11.1. The molecule has 2 N–H and O–H groups in total. The number of fused-ring (bicyclic) bond motifs is 1. The zero-order valence-electron chi connectivity index (χ0n) is 19.1. The van der Waals surface area contributed by atoms with Gasteiger partial charge in [0.2, 0.25) is 5.95 Å². The van der Waals surface area contributed by atoms with Crippen molar-refractivity contribution in [2.24, 2.45) is 0 Å². The average molecular weight is 480 g/mol. The number of alkyl halides is 3. The second-order valence-electron chi connectivity index (χ2n) is 8.35. The van der Waals surface area contributed by atoms with Crippen molar-refractivity contribution in [3.8, 4) is 22.3 Å². The monoisotopic (exact) mass is 480 g/mol. The first kappa shape index (κ1) is 22.6. The van der Waals surface area contributed by atoms with Crippen molar-refractivity contribution < 1.29 is 13.2 Å². The minimum atomic E-state index is -4.41. The summed E-state index contributed by atoms with van der Waals surface area (Å²) >= 11 is 0. The van der Waals surface area contributed by atoms with Gasteiger partial charge in [0, 0.05) is 40.8 Å². The lowest BCUT2D eigenvalue weighted by Crippen LogP contribution is -2.23. The highest BCUT2D eigenvalue weighted by molar-refractivity contribution is 5.81. The number of nitrogens with two attached hydrogens (primary N) is 1.